The Morgan fingerprint density at radius 2 is 0.655 bits per heavy atom. The highest BCUT2D eigenvalue weighted by molar-refractivity contribution is 5.84. The zero-order valence-corrected chi connectivity index (χ0v) is 27.5. The highest BCUT2D eigenvalue weighted by Gasteiger charge is 2.35. The largest absolute Gasteiger partial charge is 0.252 e. The molecule has 0 radical (unpaired) electrons. The molecule has 0 atom stereocenters. The normalized spacial score (nSPS) is 13.2. The van der Waals surface area contributed by atoms with Crippen LogP contribution in [0.2, 0.25) is 0 Å². The molecule has 16 heteroatoms. The summed E-state index contributed by atoms with van der Waals surface area (Å²) in [4.78, 5) is 8.79. The predicted molar refractivity (Wildman–Crippen MR) is 171 cm³/mol. The first-order valence-corrected chi connectivity index (χ1v) is 15.6. The maximum atomic E-state index is 16.4. The second-order valence-corrected chi connectivity index (χ2v) is 12.7. The number of pyridine rings is 2. The minimum atomic E-state index is -2.64. The summed E-state index contributed by atoms with van der Waals surface area (Å²) < 4.78 is 211. The molecular formula is C39H16F14N2. The summed E-state index contributed by atoms with van der Waals surface area (Å²) in [5.74, 6) is -33.6. The monoisotopic (exact) mass is 778 g/mol. The van der Waals surface area contributed by atoms with Crippen molar-refractivity contribution in [3.63, 3.8) is 0 Å². The molecule has 280 valence electrons. The Kier molecular flexibility index (Phi) is 8.85. The van der Waals surface area contributed by atoms with Crippen LogP contribution in [0.1, 0.15) is 36.4 Å². The van der Waals surface area contributed by atoms with Crippen LogP contribution < -0.4 is 0 Å². The highest BCUT2D eigenvalue weighted by Crippen LogP contribution is 2.43. The Hall–Kier alpha value is -6.06. The van der Waals surface area contributed by atoms with Gasteiger partial charge in [-0.15, -0.1) is 0 Å². The van der Waals surface area contributed by atoms with E-state index in [1.165, 1.54) is 38.1 Å². The van der Waals surface area contributed by atoms with Gasteiger partial charge in [0.1, 0.15) is 23.3 Å². The summed E-state index contributed by atoms with van der Waals surface area (Å²) in [5.41, 5.74) is -13.0. The van der Waals surface area contributed by atoms with Gasteiger partial charge in [-0.05, 0) is 50.2 Å². The van der Waals surface area contributed by atoms with Gasteiger partial charge in [0.25, 0.3) is 0 Å². The third-order valence-corrected chi connectivity index (χ3v) is 9.15. The highest BCUT2D eigenvalue weighted by atomic mass is 19.2. The third kappa shape index (κ3) is 5.56. The van der Waals surface area contributed by atoms with Crippen LogP contribution in [-0.4, -0.2) is 9.97 Å². The molecule has 3 heterocycles. The summed E-state index contributed by atoms with van der Waals surface area (Å²) >= 11 is 0. The van der Waals surface area contributed by atoms with E-state index in [0.717, 1.165) is 12.1 Å². The molecule has 1 aliphatic rings. The van der Waals surface area contributed by atoms with Gasteiger partial charge in [0.15, 0.2) is 46.5 Å². The van der Waals surface area contributed by atoms with Crippen LogP contribution in [0.3, 0.4) is 0 Å². The molecule has 4 aromatic carbocycles. The van der Waals surface area contributed by atoms with E-state index < -0.39 is 131 Å². The van der Waals surface area contributed by atoms with Crippen molar-refractivity contribution < 1.29 is 61.5 Å². The van der Waals surface area contributed by atoms with Crippen molar-refractivity contribution in [2.24, 2.45) is 0 Å². The fourth-order valence-electron chi connectivity index (χ4n) is 6.19. The van der Waals surface area contributed by atoms with E-state index in [-0.39, 0.29) is 22.8 Å². The third-order valence-electron chi connectivity index (χ3n) is 9.15. The molecular weight excluding hydrogens is 762 g/mol. The summed E-state index contributed by atoms with van der Waals surface area (Å²) in [5, 5.41) is 0. The van der Waals surface area contributed by atoms with Crippen molar-refractivity contribution in [2.75, 3.05) is 0 Å². The first kappa shape index (κ1) is 37.3. The molecule has 8 bridgehead atoms. The molecule has 2 aromatic heterocycles. The Morgan fingerprint density at radius 1 is 0.364 bits per heavy atom. The van der Waals surface area contributed by atoms with Crippen LogP contribution in [-0.2, 0) is 5.41 Å². The number of aromatic nitrogens is 2. The molecule has 0 saturated carbocycles. The van der Waals surface area contributed by atoms with Gasteiger partial charge in [-0.25, -0.2) is 61.5 Å². The Bertz CT molecular complexity index is 2450. The van der Waals surface area contributed by atoms with E-state index in [4.69, 9.17) is 0 Å². The van der Waals surface area contributed by atoms with Gasteiger partial charge in [0, 0.05) is 27.7 Å². The van der Waals surface area contributed by atoms with Crippen molar-refractivity contribution in [3.05, 3.63) is 152 Å². The van der Waals surface area contributed by atoms with E-state index in [1.807, 2.05) is 0 Å². The summed E-state index contributed by atoms with van der Waals surface area (Å²) in [7, 11) is 0. The van der Waals surface area contributed by atoms with Crippen LogP contribution >= 0.6 is 0 Å². The van der Waals surface area contributed by atoms with Gasteiger partial charge >= 0.3 is 0 Å². The van der Waals surface area contributed by atoms with Crippen molar-refractivity contribution in [1.82, 2.24) is 9.97 Å². The second kappa shape index (κ2) is 13.1. The molecule has 2 nitrogen and oxygen atoms in total. The smallest absolute Gasteiger partial charge is 0.200 e. The average molecular weight is 779 g/mol. The van der Waals surface area contributed by atoms with Crippen molar-refractivity contribution in [1.29, 1.82) is 0 Å². The maximum absolute atomic E-state index is 16.4. The lowest BCUT2D eigenvalue weighted by Crippen LogP contribution is -2.22. The number of rotatable bonds is 2. The van der Waals surface area contributed by atoms with Gasteiger partial charge in [0.2, 0.25) is 11.6 Å². The Morgan fingerprint density at radius 3 is 0.982 bits per heavy atom. The lowest BCUT2D eigenvalue weighted by atomic mass is 9.84. The average Bonchev–Trinajstić information content (AvgIpc) is 3.17. The van der Waals surface area contributed by atoms with Gasteiger partial charge in [-0.1, -0.05) is 24.3 Å². The minimum Gasteiger partial charge on any atom is -0.252 e. The molecule has 0 fully saturated rings. The first-order valence-electron chi connectivity index (χ1n) is 15.6. The maximum Gasteiger partial charge on any atom is 0.200 e. The Labute approximate surface area is 300 Å². The fourth-order valence-corrected chi connectivity index (χ4v) is 6.19. The summed E-state index contributed by atoms with van der Waals surface area (Å²) in [6, 6.07) is 9.10. The number of hydrogen-bond donors (Lipinski definition) is 0. The minimum absolute atomic E-state index is 0.0606. The number of halogens is 14. The van der Waals surface area contributed by atoms with Gasteiger partial charge < -0.3 is 0 Å². The zero-order valence-electron chi connectivity index (χ0n) is 27.5. The van der Waals surface area contributed by atoms with E-state index >= 15 is 35.1 Å². The van der Waals surface area contributed by atoms with Crippen LogP contribution in [0, 0.1) is 81.4 Å². The van der Waals surface area contributed by atoms with E-state index in [0.29, 0.717) is 24.3 Å². The zero-order chi connectivity index (χ0) is 40.0. The van der Waals surface area contributed by atoms with Crippen LogP contribution in [0.4, 0.5) is 61.5 Å². The predicted octanol–water partition coefficient (Wildman–Crippen LogP) is 11.9. The molecule has 0 aliphatic carbocycles. The SMILES string of the molecule is CC1(C)c2cccc(n2)-c2cc(c(F)c(-c3c(F)c(F)c(F)c(F)c3F)c2F)C=Cc2cc(c(F)c(-c3c(F)c(F)c(F)c(F)c3F)c2F)-c2cccc1n2. The lowest BCUT2D eigenvalue weighted by Gasteiger charge is -2.25. The van der Waals surface area contributed by atoms with Crippen molar-refractivity contribution in [3.8, 4) is 44.8 Å². The molecule has 0 spiro atoms. The fraction of sp³-hybridized carbons (Fsp3) is 0.0769. The van der Waals surface area contributed by atoms with E-state index in [2.05, 4.69) is 9.97 Å². The number of fused-ring (bicyclic) bond motifs is 10. The molecule has 55 heavy (non-hydrogen) atoms. The summed E-state index contributed by atoms with van der Waals surface area (Å²) in [6.45, 7) is 3.04. The number of benzene rings is 4. The van der Waals surface area contributed by atoms with Crippen molar-refractivity contribution >= 4 is 12.2 Å². The quantitative estimate of drug-likeness (QED) is 0.0994. The number of nitrogens with zero attached hydrogens (tertiary/aromatic N) is 2. The topological polar surface area (TPSA) is 25.8 Å². The standard InChI is InChI=1S/C39H16F14N2/c1-39(2)19-7-3-5-17(54-19)15-11-13(25(40)21(27(15)42)23-29(44)33(48)37(52)34(49)30(23)45)9-10-14-12-16(18-6-4-8-20(39)55-18)28(43)22(26(14)41)24-31(46)35(50)38(53)36(51)32(24)47/h3-12H,1-2H3. The van der Waals surface area contributed by atoms with Crippen LogP contribution in [0.5, 0.6) is 0 Å². The first-order chi connectivity index (χ1) is 25.9. The molecule has 0 saturated heterocycles. The molecule has 0 unspecified atom stereocenters. The van der Waals surface area contributed by atoms with Gasteiger partial charge in [-0.2, -0.15) is 0 Å². The second-order valence-electron chi connectivity index (χ2n) is 12.7. The van der Waals surface area contributed by atoms with Crippen LogP contribution in [0.15, 0.2) is 48.5 Å². The van der Waals surface area contributed by atoms with Gasteiger partial charge in [-0.3, -0.25) is 9.97 Å². The molecule has 1 aliphatic heterocycles. The van der Waals surface area contributed by atoms with E-state index in [1.54, 1.807) is 0 Å². The Balaban J connectivity index is 1.64. The lowest BCUT2D eigenvalue weighted by molar-refractivity contribution is 0.380. The number of hydrogen-bond acceptors (Lipinski definition) is 2. The summed E-state index contributed by atoms with van der Waals surface area (Å²) in [6.07, 6.45) is 1.10. The van der Waals surface area contributed by atoms with E-state index in [9.17, 15) is 26.3 Å². The molecule has 6 aromatic rings. The molecule has 7 rings (SSSR count). The van der Waals surface area contributed by atoms with Crippen LogP contribution in [0.25, 0.3) is 56.9 Å². The van der Waals surface area contributed by atoms with Crippen molar-refractivity contribution in [2.45, 2.75) is 19.3 Å². The molecule has 0 amide bonds. The molecule has 0 N–H and O–H groups in total. The van der Waals surface area contributed by atoms with Gasteiger partial charge in [0.05, 0.1) is 45.0 Å².